The van der Waals surface area contributed by atoms with Crippen LogP contribution in [-0.4, -0.2) is 37.6 Å². The minimum atomic E-state index is 0.468. The molecule has 0 aromatic heterocycles. The molecule has 0 N–H and O–H groups in total. The van der Waals surface area contributed by atoms with E-state index in [4.69, 9.17) is 0 Å². The number of aryl methyl sites for hydroxylation is 1. The van der Waals surface area contributed by atoms with Gasteiger partial charge in [0.15, 0.2) is 0 Å². The first kappa shape index (κ1) is 20.7. The van der Waals surface area contributed by atoms with E-state index in [0.717, 1.165) is 11.8 Å². The van der Waals surface area contributed by atoms with E-state index in [1.807, 2.05) is 0 Å². The monoisotopic (exact) mass is 370 g/mol. The smallest absolute Gasteiger partial charge is 0.0405 e. The molecule has 0 unspecified atom stereocenters. The molecular weight excluding hydrogens is 328 g/mol. The van der Waals surface area contributed by atoms with Crippen LogP contribution in [0.3, 0.4) is 0 Å². The van der Waals surface area contributed by atoms with Gasteiger partial charge in [0.2, 0.25) is 0 Å². The molecule has 0 bridgehead atoms. The summed E-state index contributed by atoms with van der Waals surface area (Å²) in [6.07, 6.45) is 8.17. The van der Waals surface area contributed by atoms with Gasteiger partial charge < -0.3 is 4.90 Å². The molecule has 2 heteroatoms. The van der Waals surface area contributed by atoms with Crippen LogP contribution in [0, 0.1) is 18.3 Å². The Kier molecular flexibility index (Phi) is 6.89. The van der Waals surface area contributed by atoms with Crippen molar-refractivity contribution in [2.75, 3.05) is 37.6 Å². The molecule has 2 fully saturated rings. The average Bonchev–Trinajstić information content (AvgIpc) is 2.66. The number of unbranched alkanes of at least 4 members (excludes halogenated alkanes) is 1. The van der Waals surface area contributed by atoms with Crippen molar-refractivity contribution < 1.29 is 0 Å². The van der Waals surface area contributed by atoms with Crippen LogP contribution in [0.1, 0.15) is 83.3 Å². The summed E-state index contributed by atoms with van der Waals surface area (Å²) in [5.41, 5.74) is 5.06. The van der Waals surface area contributed by atoms with E-state index in [2.05, 4.69) is 62.6 Å². The van der Waals surface area contributed by atoms with Crippen LogP contribution in [0.4, 0.5) is 5.69 Å². The second kappa shape index (κ2) is 8.99. The minimum absolute atomic E-state index is 0.468. The van der Waals surface area contributed by atoms with Gasteiger partial charge in [-0.05, 0) is 80.0 Å². The zero-order valence-corrected chi connectivity index (χ0v) is 18.6. The van der Waals surface area contributed by atoms with Crippen LogP contribution in [0.25, 0.3) is 0 Å². The third-order valence-electron chi connectivity index (χ3n) is 7.12. The molecule has 1 saturated heterocycles. The number of piperazine rings is 1. The van der Waals surface area contributed by atoms with Crippen LogP contribution in [0.5, 0.6) is 0 Å². The summed E-state index contributed by atoms with van der Waals surface area (Å²) in [5.74, 6) is 1.65. The molecule has 0 amide bonds. The molecule has 1 heterocycles. The number of benzene rings is 1. The van der Waals surface area contributed by atoms with Crippen molar-refractivity contribution in [2.45, 2.75) is 79.1 Å². The van der Waals surface area contributed by atoms with Gasteiger partial charge in [-0.2, -0.15) is 0 Å². The van der Waals surface area contributed by atoms with Gasteiger partial charge >= 0.3 is 0 Å². The summed E-state index contributed by atoms with van der Waals surface area (Å²) in [6, 6.07) is 7.26. The SMILES string of the molecule is CCCCN1CCN(c2cc(C)ccc2C2CCC(C(C)(C)C)CC2)CC1. The highest BCUT2D eigenvalue weighted by Gasteiger charge is 2.31. The second-order valence-electron chi connectivity index (χ2n) is 10.2. The highest BCUT2D eigenvalue weighted by atomic mass is 15.3. The van der Waals surface area contributed by atoms with Crippen molar-refractivity contribution in [2.24, 2.45) is 11.3 Å². The Morgan fingerprint density at radius 1 is 0.963 bits per heavy atom. The fourth-order valence-corrected chi connectivity index (χ4v) is 5.14. The number of hydrogen-bond donors (Lipinski definition) is 0. The Hall–Kier alpha value is -1.02. The summed E-state index contributed by atoms with van der Waals surface area (Å²) in [7, 11) is 0. The van der Waals surface area contributed by atoms with E-state index in [0.29, 0.717) is 5.41 Å². The predicted octanol–water partition coefficient (Wildman–Crippen LogP) is 6.24. The molecule has 27 heavy (non-hydrogen) atoms. The molecule has 1 aromatic carbocycles. The lowest BCUT2D eigenvalue weighted by atomic mass is 9.68. The quantitative estimate of drug-likeness (QED) is 0.605. The normalized spacial score (nSPS) is 25.0. The first-order valence-electron chi connectivity index (χ1n) is 11.5. The fourth-order valence-electron chi connectivity index (χ4n) is 5.14. The lowest BCUT2D eigenvalue weighted by Crippen LogP contribution is -2.47. The zero-order valence-electron chi connectivity index (χ0n) is 18.6. The van der Waals surface area contributed by atoms with Gasteiger partial charge in [-0.25, -0.2) is 0 Å². The Morgan fingerprint density at radius 3 is 2.22 bits per heavy atom. The molecule has 1 aliphatic heterocycles. The van der Waals surface area contributed by atoms with Crippen molar-refractivity contribution >= 4 is 5.69 Å². The highest BCUT2D eigenvalue weighted by molar-refractivity contribution is 5.57. The van der Waals surface area contributed by atoms with E-state index in [1.165, 1.54) is 76.8 Å². The topological polar surface area (TPSA) is 6.48 Å². The summed E-state index contributed by atoms with van der Waals surface area (Å²) in [4.78, 5) is 5.34. The Balaban J connectivity index is 1.68. The van der Waals surface area contributed by atoms with E-state index < -0.39 is 0 Å². The van der Waals surface area contributed by atoms with Gasteiger partial charge in [-0.1, -0.05) is 46.2 Å². The molecule has 2 nitrogen and oxygen atoms in total. The van der Waals surface area contributed by atoms with Crippen LogP contribution in [0.2, 0.25) is 0 Å². The van der Waals surface area contributed by atoms with Gasteiger partial charge in [0.05, 0.1) is 0 Å². The maximum Gasteiger partial charge on any atom is 0.0405 e. The van der Waals surface area contributed by atoms with Gasteiger partial charge in [0.1, 0.15) is 0 Å². The van der Waals surface area contributed by atoms with Crippen molar-refractivity contribution in [1.29, 1.82) is 0 Å². The largest absolute Gasteiger partial charge is 0.369 e. The van der Waals surface area contributed by atoms with E-state index in [-0.39, 0.29) is 0 Å². The first-order valence-corrected chi connectivity index (χ1v) is 11.5. The molecule has 1 aromatic rings. The molecular formula is C25H42N2. The Morgan fingerprint density at radius 2 is 1.63 bits per heavy atom. The lowest BCUT2D eigenvalue weighted by Gasteiger charge is -2.40. The zero-order chi connectivity index (χ0) is 19.4. The molecule has 3 rings (SSSR count). The maximum absolute atomic E-state index is 2.68. The van der Waals surface area contributed by atoms with Crippen LogP contribution >= 0.6 is 0 Å². The van der Waals surface area contributed by atoms with Crippen molar-refractivity contribution in [3.8, 4) is 0 Å². The minimum Gasteiger partial charge on any atom is -0.369 e. The molecule has 1 aliphatic carbocycles. The third kappa shape index (κ3) is 5.28. The summed E-state index contributed by atoms with van der Waals surface area (Å²) in [5, 5.41) is 0. The molecule has 152 valence electrons. The molecule has 2 aliphatic rings. The van der Waals surface area contributed by atoms with E-state index >= 15 is 0 Å². The molecule has 0 spiro atoms. The van der Waals surface area contributed by atoms with E-state index in [9.17, 15) is 0 Å². The lowest BCUT2D eigenvalue weighted by molar-refractivity contribution is 0.169. The van der Waals surface area contributed by atoms with Crippen molar-refractivity contribution in [1.82, 2.24) is 4.90 Å². The fraction of sp³-hybridized carbons (Fsp3) is 0.760. The summed E-state index contributed by atoms with van der Waals surface area (Å²) in [6.45, 7) is 17.9. The first-order chi connectivity index (χ1) is 12.9. The third-order valence-corrected chi connectivity index (χ3v) is 7.12. The number of anilines is 1. The van der Waals surface area contributed by atoms with Crippen molar-refractivity contribution in [3.05, 3.63) is 29.3 Å². The summed E-state index contributed by atoms with van der Waals surface area (Å²) < 4.78 is 0. The Labute approximate surface area is 168 Å². The number of rotatable bonds is 5. The van der Waals surface area contributed by atoms with Gasteiger partial charge in [0.25, 0.3) is 0 Å². The molecule has 0 atom stereocenters. The van der Waals surface area contributed by atoms with Crippen LogP contribution in [0.15, 0.2) is 18.2 Å². The summed E-state index contributed by atoms with van der Waals surface area (Å²) >= 11 is 0. The van der Waals surface area contributed by atoms with Gasteiger partial charge in [-0.3, -0.25) is 4.90 Å². The average molecular weight is 371 g/mol. The maximum atomic E-state index is 2.68. The molecule has 0 radical (unpaired) electrons. The standard InChI is InChI=1S/C25H42N2/c1-6-7-14-26-15-17-27(18-16-26)24-19-20(2)8-13-23(24)21-9-11-22(12-10-21)25(3,4)5/h8,13,19,21-22H,6-7,9-12,14-18H2,1-5H3. The Bertz CT molecular complexity index is 585. The number of nitrogens with zero attached hydrogens (tertiary/aromatic N) is 2. The van der Waals surface area contributed by atoms with Gasteiger partial charge in [-0.15, -0.1) is 0 Å². The van der Waals surface area contributed by atoms with Crippen LogP contribution < -0.4 is 4.90 Å². The van der Waals surface area contributed by atoms with Crippen LogP contribution in [-0.2, 0) is 0 Å². The predicted molar refractivity (Wildman–Crippen MR) is 119 cm³/mol. The van der Waals surface area contributed by atoms with Crippen molar-refractivity contribution in [3.63, 3.8) is 0 Å². The van der Waals surface area contributed by atoms with Gasteiger partial charge in [0, 0.05) is 31.9 Å². The highest BCUT2D eigenvalue weighted by Crippen LogP contribution is 2.45. The number of hydrogen-bond acceptors (Lipinski definition) is 2. The molecule has 1 saturated carbocycles. The van der Waals surface area contributed by atoms with E-state index in [1.54, 1.807) is 11.3 Å². The second-order valence-corrected chi connectivity index (χ2v) is 10.2.